The highest BCUT2D eigenvalue weighted by Gasteiger charge is 2.03. The van der Waals surface area contributed by atoms with Crippen molar-refractivity contribution in [3.8, 4) is 0 Å². The summed E-state index contributed by atoms with van der Waals surface area (Å²) in [6.45, 7) is 0.645. The van der Waals surface area contributed by atoms with Gasteiger partial charge in [-0.05, 0) is 17.5 Å². The summed E-state index contributed by atoms with van der Waals surface area (Å²) in [5.74, 6) is 0.0713. The van der Waals surface area contributed by atoms with Crippen LogP contribution in [0, 0.1) is 0 Å². The maximum absolute atomic E-state index is 11.5. The van der Waals surface area contributed by atoms with E-state index in [-0.39, 0.29) is 5.91 Å². The highest BCUT2D eigenvalue weighted by atomic mass is 32.1. The first-order valence-corrected chi connectivity index (χ1v) is 6.00. The molecule has 2 N–H and O–H groups in total. The molecule has 4 nitrogen and oxygen atoms in total. The van der Waals surface area contributed by atoms with Crippen molar-refractivity contribution < 1.29 is 4.79 Å². The minimum atomic E-state index is 0.0713. The van der Waals surface area contributed by atoms with Gasteiger partial charge in [-0.25, -0.2) is 0 Å². The molecule has 84 valence electrons. The molecule has 0 radical (unpaired) electrons. The topological polar surface area (TPSA) is 57.8 Å². The van der Waals surface area contributed by atoms with Crippen LogP contribution in [0.15, 0.2) is 29.8 Å². The van der Waals surface area contributed by atoms with Gasteiger partial charge in [-0.2, -0.15) is 5.10 Å². The number of hydrogen-bond acceptors (Lipinski definition) is 3. The molecular weight excluding hydrogens is 222 g/mol. The highest BCUT2D eigenvalue weighted by Crippen LogP contribution is 2.08. The Morgan fingerprint density at radius 2 is 2.44 bits per heavy atom. The number of H-pyrrole nitrogens is 1. The molecule has 16 heavy (non-hydrogen) atoms. The zero-order valence-corrected chi connectivity index (χ0v) is 9.59. The number of nitrogens with zero attached hydrogens (tertiary/aromatic N) is 1. The molecule has 0 spiro atoms. The predicted molar refractivity (Wildman–Crippen MR) is 63.3 cm³/mol. The molecule has 1 amide bonds. The van der Waals surface area contributed by atoms with Gasteiger partial charge in [-0.3, -0.25) is 9.89 Å². The predicted octanol–water partition coefficient (Wildman–Crippen LogP) is 1.37. The molecule has 2 rings (SSSR count). The second-order valence-electron chi connectivity index (χ2n) is 3.44. The van der Waals surface area contributed by atoms with Crippen molar-refractivity contribution in [3.63, 3.8) is 0 Å². The number of carbonyl (C=O) groups is 1. The van der Waals surface area contributed by atoms with Gasteiger partial charge in [0.15, 0.2) is 0 Å². The van der Waals surface area contributed by atoms with Crippen LogP contribution in [0.3, 0.4) is 0 Å². The van der Waals surface area contributed by atoms with Gasteiger partial charge in [0.1, 0.15) is 0 Å². The van der Waals surface area contributed by atoms with E-state index in [2.05, 4.69) is 15.5 Å². The maximum Gasteiger partial charge on any atom is 0.225 e. The van der Waals surface area contributed by atoms with Crippen LogP contribution in [-0.4, -0.2) is 22.6 Å². The van der Waals surface area contributed by atoms with Gasteiger partial charge in [-0.1, -0.05) is 6.07 Å². The van der Waals surface area contributed by atoms with Crippen LogP contribution in [0.2, 0.25) is 0 Å². The van der Waals surface area contributed by atoms with Crippen LogP contribution in [0.1, 0.15) is 10.6 Å². The molecule has 0 bridgehead atoms. The zero-order valence-electron chi connectivity index (χ0n) is 8.77. The average molecular weight is 235 g/mol. The monoisotopic (exact) mass is 235 g/mol. The van der Waals surface area contributed by atoms with Crippen molar-refractivity contribution in [3.05, 3.63) is 40.3 Å². The van der Waals surface area contributed by atoms with Gasteiger partial charge in [0, 0.05) is 29.7 Å². The second-order valence-corrected chi connectivity index (χ2v) is 4.47. The SMILES string of the molecule is O=C(Cc1cccs1)NCCc1ccn[nH]1. The molecule has 0 aliphatic rings. The van der Waals surface area contributed by atoms with Gasteiger partial charge < -0.3 is 5.32 Å². The lowest BCUT2D eigenvalue weighted by atomic mass is 10.3. The molecule has 2 aromatic rings. The van der Waals surface area contributed by atoms with Crippen molar-refractivity contribution in [2.45, 2.75) is 12.8 Å². The number of hydrogen-bond donors (Lipinski definition) is 2. The van der Waals surface area contributed by atoms with E-state index in [1.807, 2.05) is 23.6 Å². The fraction of sp³-hybridized carbons (Fsp3) is 0.273. The third-order valence-corrected chi connectivity index (χ3v) is 3.07. The van der Waals surface area contributed by atoms with Crippen molar-refractivity contribution in [1.29, 1.82) is 0 Å². The van der Waals surface area contributed by atoms with E-state index in [0.29, 0.717) is 13.0 Å². The van der Waals surface area contributed by atoms with Crippen LogP contribution in [0.25, 0.3) is 0 Å². The summed E-state index contributed by atoms with van der Waals surface area (Å²) in [5, 5.41) is 11.6. The Bertz CT molecular complexity index is 422. The summed E-state index contributed by atoms with van der Waals surface area (Å²) in [5.41, 5.74) is 1.04. The van der Waals surface area contributed by atoms with Crippen LogP contribution < -0.4 is 5.32 Å². The summed E-state index contributed by atoms with van der Waals surface area (Å²) < 4.78 is 0. The van der Waals surface area contributed by atoms with Gasteiger partial charge >= 0.3 is 0 Å². The van der Waals surface area contributed by atoms with E-state index >= 15 is 0 Å². The van der Waals surface area contributed by atoms with Gasteiger partial charge in [0.05, 0.1) is 6.42 Å². The van der Waals surface area contributed by atoms with Gasteiger partial charge in [-0.15, -0.1) is 11.3 Å². The third kappa shape index (κ3) is 3.20. The van der Waals surface area contributed by atoms with Crippen LogP contribution in [-0.2, 0) is 17.6 Å². The zero-order chi connectivity index (χ0) is 11.2. The Morgan fingerprint density at radius 1 is 1.50 bits per heavy atom. The summed E-state index contributed by atoms with van der Waals surface area (Å²) in [4.78, 5) is 12.6. The summed E-state index contributed by atoms with van der Waals surface area (Å²) in [6, 6.07) is 5.84. The largest absolute Gasteiger partial charge is 0.355 e. The fourth-order valence-corrected chi connectivity index (χ4v) is 2.10. The first-order valence-electron chi connectivity index (χ1n) is 5.12. The number of rotatable bonds is 5. The fourth-order valence-electron chi connectivity index (χ4n) is 1.39. The van der Waals surface area contributed by atoms with Crippen molar-refractivity contribution in [1.82, 2.24) is 15.5 Å². The number of nitrogens with one attached hydrogen (secondary N) is 2. The Balaban J connectivity index is 1.68. The quantitative estimate of drug-likeness (QED) is 0.822. The lowest BCUT2D eigenvalue weighted by Gasteiger charge is -2.02. The van der Waals surface area contributed by atoms with Gasteiger partial charge in [0.25, 0.3) is 0 Å². The summed E-state index contributed by atoms with van der Waals surface area (Å²) in [6.07, 6.45) is 2.97. The first kappa shape index (κ1) is 10.9. The lowest BCUT2D eigenvalue weighted by molar-refractivity contribution is -0.120. The van der Waals surface area contributed by atoms with E-state index in [1.54, 1.807) is 17.5 Å². The lowest BCUT2D eigenvalue weighted by Crippen LogP contribution is -2.27. The van der Waals surface area contributed by atoms with E-state index in [9.17, 15) is 4.79 Å². The number of thiophene rings is 1. The second kappa shape index (κ2) is 5.46. The molecule has 0 aromatic carbocycles. The number of aromatic nitrogens is 2. The molecule has 0 aliphatic heterocycles. The average Bonchev–Trinajstić information content (AvgIpc) is 2.90. The van der Waals surface area contributed by atoms with Gasteiger partial charge in [0.2, 0.25) is 5.91 Å². The van der Waals surface area contributed by atoms with E-state index in [0.717, 1.165) is 17.0 Å². The Labute approximate surface area is 97.7 Å². The van der Waals surface area contributed by atoms with Crippen LogP contribution in [0.4, 0.5) is 0 Å². The molecule has 2 aromatic heterocycles. The molecule has 0 atom stereocenters. The Morgan fingerprint density at radius 3 is 3.12 bits per heavy atom. The highest BCUT2D eigenvalue weighted by molar-refractivity contribution is 7.10. The Kier molecular flexibility index (Phi) is 3.71. The maximum atomic E-state index is 11.5. The summed E-state index contributed by atoms with van der Waals surface area (Å²) in [7, 11) is 0. The normalized spacial score (nSPS) is 10.2. The standard InChI is InChI=1S/C11H13N3OS/c15-11(8-10-2-1-7-16-10)12-5-3-9-4-6-13-14-9/h1-2,4,6-7H,3,5,8H2,(H,12,15)(H,13,14). The molecule has 2 heterocycles. The number of carbonyl (C=O) groups excluding carboxylic acids is 1. The van der Waals surface area contributed by atoms with Crippen molar-refractivity contribution >= 4 is 17.2 Å². The molecular formula is C11H13N3OS. The minimum Gasteiger partial charge on any atom is -0.355 e. The minimum absolute atomic E-state index is 0.0713. The molecule has 0 aliphatic carbocycles. The Hall–Kier alpha value is -1.62. The van der Waals surface area contributed by atoms with E-state index < -0.39 is 0 Å². The number of aromatic amines is 1. The molecule has 0 saturated carbocycles. The van der Waals surface area contributed by atoms with E-state index in [4.69, 9.17) is 0 Å². The van der Waals surface area contributed by atoms with Crippen LogP contribution in [0.5, 0.6) is 0 Å². The molecule has 0 unspecified atom stereocenters. The third-order valence-electron chi connectivity index (χ3n) is 2.19. The van der Waals surface area contributed by atoms with Crippen molar-refractivity contribution in [2.75, 3.05) is 6.54 Å². The van der Waals surface area contributed by atoms with Crippen molar-refractivity contribution in [2.24, 2.45) is 0 Å². The summed E-state index contributed by atoms with van der Waals surface area (Å²) >= 11 is 1.61. The molecule has 5 heteroatoms. The smallest absolute Gasteiger partial charge is 0.225 e. The van der Waals surface area contributed by atoms with Crippen LogP contribution >= 0.6 is 11.3 Å². The van der Waals surface area contributed by atoms with E-state index in [1.165, 1.54) is 0 Å². The molecule has 0 fully saturated rings. The first-order chi connectivity index (χ1) is 7.84. The number of amides is 1. The molecule has 0 saturated heterocycles.